The van der Waals surface area contributed by atoms with E-state index >= 15 is 0 Å². The van der Waals surface area contributed by atoms with Crippen LogP contribution in [0.25, 0.3) is 0 Å². The Bertz CT molecular complexity index is 223. The lowest BCUT2D eigenvalue weighted by molar-refractivity contribution is 0.0914. The fourth-order valence-electron chi connectivity index (χ4n) is 2.63. The van der Waals surface area contributed by atoms with E-state index in [2.05, 4.69) is 44.8 Å². The summed E-state index contributed by atoms with van der Waals surface area (Å²) in [6.45, 7) is 16.6. The molecule has 3 heteroatoms. The second kappa shape index (κ2) is 7.46. The van der Waals surface area contributed by atoms with Gasteiger partial charge in [-0.1, -0.05) is 20.8 Å². The van der Waals surface area contributed by atoms with E-state index in [1.807, 2.05) is 0 Å². The standard InChI is InChI=1S/C15H32N2O/c1-6-8-17(14(4)5)11-15(7-9-18-12-15)10-16-13(2)3/h13-14,16H,6-12H2,1-5H3. The van der Waals surface area contributed by atoms with Crippen molar-refractivity contribution < 1.29 is 4.74 Å². The Hall–Kier alpha value is -0.120. The lowest BCUT2D eigenvalue weighted by Gasteiger charge is -2.37. The van der Waals surface area contributed by atoms with Crippen molar-refractivity contribution in [3.05, 3.63) is 0 Å². The molecular weight excluding hydrogens is 224 g/mol. The highest BCUT2D eigenvalue weighted by Gasteiger charge is 2.36. The minimum atomic E-state index is 0.323. The normalized spacial score (nSPS) is 24.7. The van der Waals surface area contributed by atoms with Gasteiger partial charge in [-0.05, 0) is 33.2 Å². The second-order valence-electron chi connectivity index (χ2n) is 6.40. The predicted molar refractivity (Wildman–Crippen MR) is 78.0 cm³/mol. The molecule has 0 aromatic rings. The van der Waals surface area contributed by atoms with E-state index in [-0.39, 0.29) is 0 Å². The number of nitrogens with one attached hydrogen (secondary N) is 1. The molecule has 1 heterocycles. The summed E-state index contributed by atoms with van der Waals surface area (Å²) in [5, 5.41) is 3.61. The van der Waals surface area contributed by atoms with Gasteiger partial charge in [0.05, 0.1) is 6.61 Å². The van der Waals surface area contributed by atoms with Crippen LogP contribution in [0, 0.1) is 5.41 Å². The summed E-state index contributed by atoms with van der Waals surface area (Å²) >= 11 is 0. The molecule has 0 amide bonds. The number of hydrogen-bond donors (Lipinski definition) is 1. The van der Waals surface area contributed by atoms with E-state index in [0.29, 0.717) is 17.5 Å². The minimum absolute atomic E-state index is 0.323. The van der Waals surface area contributed by atoms with Gasteiger partial charge in [-0.15, -0.1) is 0 Å². The number of hydrogen-bond acceptors (Lipinski definition) is 3. The fourth-order valence-corrected chi connectivity index (χ4v) is 2.63. The minimum Gasteiger partial charge on any atom is -0.381 e. The first-order valence-corrected chi connectivity index (χ1v) is 7.54. The zero-order chi connectivity index (χ0) is 13.6. The highest BCUT2D eigenvalue weighted by atomic mass is 16.5. The quantitative estimate of drug-likeness (QED) is 0.722. The Kier molecular flexibility index (Phi) is 6.61. The summed E-state index contributed by atoms with van der Waals surface area (Å²) in [4.78, 5) is 2.61. The third kappa shape index (κ3) is 4.87. The van der Waals surface area contributed by atoms with Crippen molar-refractivity contribution in [1.29, 1.82) is 0 Å². The van der Waals surface area contributed by atoms with Crippen molar-refractivity contribution in [3.8, 4) is 0 Å². The molecule has 0 aromatic carbocycles. The lowest BCUT2D eigenvalue weighted by Crippen LogP contribution is -2.48. The average molecular weight is 256 g/mol. The molecule has 108 valence electrons. The zero-order valence-electron chi connectivity index (χ0n) is 13.0. The molecule has 0 radical (unpaired) electrons. The van der Waals surface area contributed by atoms with Crippen LogP contribution in [0.3, 0.4) is 0 Å². The van der Waals surface area contributed by atoms with Gasteiger partial charge in [-0.2, -0.15) is 0 Å². The Morgan fingerprint density at radius 1 is 1.28 bits per heavy atom. The summed E-state index contributed by atoms with van der Waals surface area (Å²) in [6.07, 6.45) is 2.42. The van der Waals surface area contributed by atoms with Crippen molar-refractivity contribution in [2.75, 3.05) is 32.8 Å². The Morgan fingerprint density at radius 2 is 2.00 bits per heavy atom. The first-order valence-electron chi connectivity index (χ1n) is 7.54. The van der Waals surface area contributed by atoms with E-state index in [4.69, 9.17) is 4.74 Å². The van der Waals surface area contributed by atoms with E-state index in [1.54, 1.807) is 0 Å². The van der Waals surface area contributed by atoms with Crippen LogP contribution in [-0.4, -0.2) is 49.8 Å². The van der Waals surface area contributed by atoms with Crippen LogP contribution < -0.4 is 5.32 Å². The van der Waals surface area contributed by atoms with Gasteiger partial charge in [0.1, 0.15) is 0 Å². The van der Waals surface area contributed by atoms with Gasteiger partial charge in [-0.3, -0.25) is 0 Å². The van der Waals surface area contributed by atoms with Crippen LogP contribution >= 0.6 is 0 Å². The Labute approximate surface area is 113 Å². The molecule has 18 heavy (non-hydrogen) atoms. The molecule has 1 rings (SSSR count). The molecule has 1 aliphatic heterocycles. The van der Waals surface area contributed by atoms with Crippen molar-refractivity contribution in [1.82, 2.24) is 10.2 Å². The highest BCUT2D eigenvalue weighted by molar-refractivity contribution is 4.89. The highest BCUT2D eigenvalue weighted by Crippen LogP contribution is 2.30. The molecule has 1 unspecified atom stereocenters. The number of rotatable bonds is 8. The zero-order valence-corrected chi connectivity index (χ0v) is 13.0. The van der Waals surface area contributed by atoms with E-state index in [0.717, 1.165) is 26.3 Å². The Balaban J connectivity index is 2.59. The number of ether oxygens (including phenoxy) is 1. The van der Waals surface area contributed by atoms with Gasteiger partial charge in [0.25, 0.3) is 0 Å². The molecule has 0 aromatic heterocycles. The van der Waals surface area contributed by atoms with Crippen LogP contribution in [0.2, 0.25) is 0 Å². The summed E-state index contributed by atoms with van der Waals surface area (Å²) < 4.78 is 5.68. The monoisotopic (exact) mass is 256 g/mol. The van der Waals surface area contributed by atoms with Gasteiger partial charge in [0, 0.05) is 37.2 Å². The molecule has 0 bridgehead atoms. The number of nitrogens with zero attached hydrogens (tertiary/aromatic N) is 1. The molecule has 1 fully saturated rings. The predicted octanol–water partition coefficient (Wildman–Crippen LogP) is 2.51. The molecule has 1 aliphatic rings. The first kappa shape index (κ1) is 15.9. The van der Waals surface area contributed by atoms with E-state index in [1.165, 1.54) is 19.4 Å². The summed E-state index contributed by atoms with van der Waals surface area (Å²) in [7, 11) is 0. The third-order valence-corrected chi connectivity index (χ3v) is 3.85. The van der Waals surface area contributed by atoms with Crippen molar-refractivity contribution in [3.63, 3.8) is 0 Å². The molecule has 0 aliphatic carbocycles. The maximum absolute atomic E-state index is 5.68. The average Bonchev–Trinajstić information content (AvgIpc) is 2.75. The van der Waals surface area contributed by atoms with Crippen molar-refractivity contribution >= 4 is 0 Å². The molecule has 1 atom stereocenters. The van der Waals surface area contributed by atoms with Crippen molar-refractivity contribution in [2.45, 2.75) is 59.5 Å². The van der Waals surface area contributed by atoms with Crippen LogP contribution in [0.4, 0.5) is 0 Å². The molecular formula is C15H32N2O. The lowest BCUT2D eigenvalue weighted by atomic mass is 9.85. The summed E-state index contributed by atoms with van der Waals surface area (Å²) in [5.74, 6) is 0. The maximum atomic E-state index is 5.68. The smallest absolute Gasteiger partial charge is 0.0547 e. The third-order valence-electron chi connectivity index (χ3n) is 3.85. The van der Waals surface area contributed by atoms with Crippen LogP contribution in [0.5, 0.6) is 0 Å². The molecule has 0 saturated carbocycles. The SMILES string of the molecule is CCCN(CC1(CNC(C)C)CCOC1)C(C)C. The van der Waals surface area contributed by atoms with Gasteiger partial charge in [0.2, 0.25) is 0 Å². The molecule has 0 spiro atoms. The van der Waals surface area contributed by atoms with Gasteiger partial charge in [0.15, 0.2) is 0 Å². The molecule has 3 nitrogen and oxygen atoms in total. The molecule has 1 saturated heterocycles. The first-order chi connectivity index (χ1) is 8.49. The van der Waals surface area contributed by atoms with E-state index < -0.39 is 0 Å². The second-order valence-corrected chi connectivity index (χ2v) is 6.40. The fraction of sp³-hybridized carbons (Fsp3) is 1.00. The van der Waals surface area contributed by atoms with Gasteiger partial charge in [-0.25, -0.2) is 0 Å². The van der Waals surface area contributed by atoms with Crippen LogP contribution in [-0.2, 0) is 4.74 Å². The van der Waals surface area contributed by atoms with Crippen LogP contribution in [0.15, 0.2) is 0 Å². The van der Waals surface area contributed by atoms with Gasteiger partial charge < -0.3 is 15.0 Å². The van der Waals surface area contributed by atoms with Gasteiger partial charge >= 0.3 is 0 Å². The topological polar surface area (TPSA) is 24.5 Å². The van der Waals surface area contributed by atoms with E-state index in [9.17, 15) is 0 Å². The van der Waals surface area contributed by atoms with Crippen LogP contribution in [0.1, 0.15) is 47.5 Å². The summed E-state index contributed by atoms with van der Waals surface area (Å²) in [5.41, 5.74) is 0.323. The Morgan fingerprint density at radius 3 is 2.44 bits per heavy atom. The van der Waals surface area contributed by atoms with Crippen molar-refractivity contribution in [2.24, 2.45) is 5.41 Å². The molecule has 1 N–H and O–H groups in total. The maximum Gasteiger partial charge on any atom is 0.0547 e. The summed E-state index contributed by atoms with van der Waals surface area (Å²) in [6, 6.07) is 1.18. The largest absolute Gasteiger partial charge is 0.381 e.